The van der Waals surface area contributed by atoms with Crippen LogP contribution in [0.3, 0.4) is 0 Å². The molecule has 0 bridgehead atoms. The molecule has 2 aromatic rings. The van der Waals surface area contributed by atoms with Gasteiger partial charge in [0.25, 0.3) is 0 Å². The number of amides is 2. The summed E-state index contributed by atoms with van der Waals surface area (Å²) in [4.78, 5) is 26.5. The number of halogens is 2. The fraction of sp³-hybridized carbons (Fsp3) is 0.263. The van der Waals surface area contributed by atoms with E-state index in [0.717, 1.165) is 5.69 Å². The lowest BCUT2D eigenvalue weighted by atomic mass is 10.2. The summed E-state index contributed by atoms with van der Waals surface area (Å²) in [6, 6.07) is 11.4. The fourth-order valence-corrected chi connectivity index (χ4v) is 2.84. The van der Waals surface area contributed by atoms with Gasteiger partial charge in [0.05, 0.1) is 16.9 Å². The second kappa shape index (κ2) is 7.33. The molecule has 1 aliphatic rings. The normalized spacial score (nSPS) is 18.2. The molecule has 0 spiro atoms. The maximum Gasteiger partial charge on any atom is 0.228 e. The van der Waals surface area contributed by atoms with Gasteiger partial charge in [-0.2, -0.15) is 0 Å². The Morgan fingerprint density at radius 3 is 2.08 bits per heavy atom. The standard InChI is InChI=1S/C19H19ClFN3O2/c1-24(2)13-6-3-11(4-7-13)22-18(25)14-10-15(14)19(26)23-12-5-8-17(21)16(20)9-12/h3-9,14-15H,10H2,1-2H3,(H,22,25)(H,23,26). The molecule has 1 fully saturated rings. The number of nitrogens with zero attached hydrogens (tertiary/aromatic N) is 1. The summed E-state index contributed by atoms with van der Waals surface area (Å²) < 4.78 is 13.2. The van der Waals surface area contributed by atoms with Crippen LogP contribution in [-0.2, 0) is 9.59 Å². The molecule has 0 aromatic heterocycles. The van der Waals surface area contributed by atoms with Crippen molar-refractivity contribution >= 4 is 40.5 Å². The summed E-state index contributed by atoms with van der Waals surface area (Å²) in [6.45, 7) is 0. The molecule has 2 N–H and O–H groups in total. The Hall–Kier alpha value is -2.60. The van der Waals surface area contributed by atoms with Crippen molar-refractivity contribution < 1.29 is 14.0 Å². The van der Waals surface area contributed by atoms with Crippen LogP contribution >= 0.6 is 11.6 Å². The van der Waals surface area contributed by atoms with Gasteiger partial charge in [-0.1, -0.05) is 11.6 Å². The van der Waals surface area contributed by atoms with Crippen LogP contribution in [0.15, 0.2) is 42.5 Å². The lowest BCUT2D eigenvalue weighted by Crippen LogP contribution is -2.20. The molecule has 3 rings (SSSR count). The van der Waals surface area contributed by atoms with Crippen molar-refractivity contribution in [1.82, 2.24) is 0 Å². The second-order valence-corrected chi connectivity index (χ2v) is 6.90. The quantitative estimate of drug-likeness (QED) is 0.836. The molecule has 1 saturated carbocycles. The molecule has 2 amide bonds. The zero-order valence-corrected chi connectivity index (χ0v) is 15.2. The van der Waals surface area contributed by atoms with Crippen LogP contribution in [-0.4, -0.2) is 25.9 Å². The molecule has 7 heteroatoms. The van der Waals surface area contributed by atoms with E-state index in [2.05, 4.69) is 10.6 Å². The molecule has 0 heterocycles. The van der Waals surface area contributed by atoms with Crippen LogP contribution in [0.2, 0.25) is 5.02 Å². The zero-order chi connectivity index (χ0) is 18.8. The van der Waals surface area contributed by atoms with Crippen molar-refractivity contribution in [2.24, 2.45) is 11.8 Å². The molecule has 0 saturated heterocycles. The van der Waals surface area contributed by atoms with Crippen molar-refractivity contribution in [2.45, 2.75) is 6.42 Å². The summed E-state index contributed by atoms with van der Waals surface area (Å²) in [5.74, 6) is -1.75. The minimum Gasteiger partial charge on any atom is -0.378 e. The molecular weight excluding hydrogens is 357 g/mol. The molecule has 0 radical (unpaired) electrons. The Bertz CT molecular complexity index is 839. The van der Waals surface area contributed by atoms with Crippen molar-refractivity contribution in [1.29, 1.82) is 0 Å². The third kappa shape index (κ3) is 4.14. The van der Waals surface area contributed by atoms with E-state index in [4.69, 9.17) is 11.6 Å². The first kappa shape index (κ1) is 18.2. The Morgan fingerprint density at radius 2 is 1.54 bits per heavy atom. The SMILES string of the molecule is CN(C)c1ccc(NC(=O)C2CC2C(=O)Nc2ccc(F)c(Cl)c2)cc1. The monoisotopic (exact) mass is 375 g/mol. The van der Waals surface area contributed by atoms with E-state index in [9.17, 15) is 14.0 Å². The van der Waals surface area contributed by atoms with Crippen LogP contribution in [0, 0.1) is 17.7 Å². The average Bonchev–Trinajstić information content (AvgIpc) is 3.39. The molecule has 26 heavy (non-hydrogen) atoms. The summed E-state index contributed by atoms with van der Waals surface area (Å²) in [6.07, 6.45) is 0.488. The molecule has 1 aliphatic carbocycles. The average molecular weight is 376 g/mol. The first-order chi connectivity index (χ1) is 12.3. The van der Waals surface area contributed by atoms with E-state index in [0.29, 0.717) is 17.8 Å². The number of benzene rings is 2. The predicted molar refractivity (Wildman–Crippen MR) is 101 cm³/mol. The van der Waals surface area contributed by atoms with Gasteiger partial charge in [-0.3, -0.25) is 9.59 Å². The number of hydrogen-bond donors (Lipinski definition) is 2. The molecular formula is C19H19ClFN3O2. The van der Waals surface area contributed by atoms with Gasteiger partial charge < -0.3 is 15.5 Å². The van der Waals surface area contributed by atoms with Gasteiger partial charge in [-0.25, -0.2) is 4.39 Å². The highest BCUT2D eigenvalue weighted by Crippen LogP contribution is 2.40. The number of carbonyl (C=O) groups is 2. The Labute approximate surface area is 156 Å². The highest BCUT2D eigenvalue weighted by molar-refractivity contribution is 6.31. The lowest BCUT2D eigenvalue weighted by molar-refractivity contribution is -0.122. The number of nitrogens with one attached hydrogen (secondary N) is 2. The van der Waals surface area contributed by atoms with Crippen LogP contribution < -0.4 is 15.5 Å². The second-order valence-electron chi connectivity index (χ2n) is 6.50. The topological polar surface area (TPSA) is 61.4 Å². The minimum atomic E-state index is -0.548. The lowest BCUT2D eigenvalue weighted by Gasteiger charge is -2.13. The largest absolute Gasteiger partial charge is 0.378 e. The molecule has 2 unspecified atom stereocenters. The summed E-state index contributed by atoms with van der Waals surface area (Å²) >= 11 is 5.70. The van der Waals surface area contributed by atoms with Crippen molar-refractivity contribution in [3.63, 3.8) is 0 Å². The third-order valence-corrected chi connectivity index (χ3v) is 4.59. The van der Waals surface area contributed by atoms with E-state index in [1.54, 1.807) is 0 Å². The van der Waals surface area contributed by atoms with E-state index in [1.165, 1.54) is 18.2 Å². The van der Waals surface area contributed by atoms with E-state index in [-0.39, 0.29) is 28.7 Å². The number of anilines is 3. The maximum absolute atomic E-state index is 13.2. The van der Waals surface area contributed by atoms with Crippen LogP contribution in [0.4, 0.5) is 21.5 Å². The molecule has 5 nitrogen and oxygen atoms in total. The first-order valence-corrected chi connectivity index (χ1v) is 8.57. The van der Waals surface area contributed by atoms with Crippen LogP contribution in [0.25, 0.3) is 0 Å². The Kier molecular flexibility index (Phi) is 5.13. The highest BCUT2D eigenvalue weighted by atomic mass is 35.5. The number of carbonyl (C=O) groups excluding carboxylic acids is 2. The van der Waals surface area contributed by atoms with Crippen molar-refractivity contribution in [3.8, 4) is 0 Å². The van der Waals surface area contributed by atoms with Crippen molar-refractivity contribution in [2.75, 3.05) is 29.6 Å². The molecule has 2 atom stereocenters. The maximum atomic E-state index is 13.2. The summed E-state index contributed by atoms with van der Waals surface area (Å²) in [7, 11) is 3.88. The Balaban J connectivity index is 1.54. The summed E-state index contributed by atoms with van der Waals surface area (Å²) in [5.41, 5.74) is 2.13. The van der Waals surface area contributed by atoms with Gasteiger partial charge in [0.1, 0.15) is 5.82 Å². The number of rotatable bonds is 5. The van der Waals surface area contributed by atoms with Gasteiger partial charge >= 0.3 is 0 Å². The first-order valence-electron chi connectivity index (χ1n) is 8.19. The third-order valence-electron chi connectivity index (χ3n) is 4.30. The van der Waals surface area contributed by atoms with Gasteiger partial charge in [-0.05, 0) is 48.9 Å². The minimum absolute atomic E-state index is 0.0611. The van der Waals surface area contributed by atoms with Gasteiger partial charge in [0, 0.05) is 31.2 Å². The van der Waals surface area contributed by atoms with Gasteiger partial charge in [-0.15, -0.1) is 0 Å². The van der Waals surface area contributed by atoms with Crippen LogP contribution in [0.5, 0.6) is 0 Å². The Morgan fingerprint density at radius 1 is 1.00 bits per heavy atom. The van der Waals surface area contributed by atoms with Gasteiger partial charge in [0.2, 0.25) is 11.8 Å². The van der Waals surface area contributed by atoms with Crippen molar-refractivity contribution in [3.05, 3.63) is 53.3 Å². The van der Waals surface area contributed by atoms with E-state index >= 15 is 0 Å². The molecule has 0 aliphatic heterocycles. The zero-order valence-electron chi connectivity index (χ0n) is 14.4. The summed E-state index contributed by atoms with van der Waals surface area (Å²) in [5, 5.41) is 5.43. The van der Waals surface area contributed by atoms with E-state index < -0.39 is 5.82 Å². The fourth-order valence-electron chi connectivity index (χ4n) is 2.66. The van der Waals surface area contributed by atoms with Crippen LogP contribution in [0.1, 0.15) is 6.42 Å². The number of hydrogen-bond acceptors (Lipinski definition) is 3. The molecule has 2 aromatic carbocycles. The smallest absolute Gasteiger partial charge is 0.228 e. The molecule has 136 valence electrons. The predicted octanol–water partition coefficient (Wildman–Crippen LogP) is 3.76. The highest BCUT2D eigenvalue weighted by Gasteiger charge is 2.48. The van der Waals surface area contributed by atoms with Gasteiger partial charge in [0.15, 0.2) is 0 Å². The van der Waals surface area contributed by atoms with E-state index in [1.807, 2.05) is 43.3 Å².